The number of aryl methyl sites for hydroxylation is 1. The van der Waals surface area contributed by atoms with Crippen molar-refractivity contribution in [2.75, 3.05) is 32.8 Å². The average molecular weight is 313 g/mol. The zero-order valence-corrected chi connectivity index (χ0v) is 13.3. The van der Waals surface area contributed by atoms with Crippen molar-refractivity contribution >= 4 is 5.91 Å². The SMILES string of the molecule is N#C/C(=C/NCCCCc1ccccc1)C(=O)N1CCOCC1. The minimum absolute atomic E-state index is 0.162. The van der Waals surface area contributed by atoms with Crippen molar-refractivity contribution in [3.8, 4) is 6.07 Å². The van der Waals surface area contributed by atoms with Crippen molar-refractivity contribution < 1.29 is 9.53 Å². The summed E-state index contributed by atoms with van der Waals surface area (Å²) in [7, 11) is 0. The van der Waals surface area contributed by atoms with Gasteiger partial charge in [0.25, 0.3) is 5.91 Å². The van der Waals surface area contributed by atoms with E-state index in [1.54, 1.807) is 11.1 Å². The van der Waals surface area contributed by atoms with Crippen LogP contribution in [0.25, 0.3) is 0 Å². The summed E-state index contributed by atoms with van der Waals surface area (Å²) in [5.41, 5.74) is 1.50. The minimum Gasteiger partial charge on any atom is -0.390 e. The van der Waals surface area contributed by atoms with Crippen molar-refractivity contribution in [3.05, 3.63) is 47.7 Å². The summed E-state index contributed by atoms with van der Waals surface area (Å²) in [6.07, 6.45) is 4.66. The molecular weight excluding hydrogens is 290 g/mol. The second kappa shape index (κ2) is 9.65. The first-order chi connectivity index (χ1) is 11.3. The molecule has 1 amide bonds. The lowest BCUT2D eigenvalue weighted by molar-refractivity contribution is -0.130. The highest BCUT2D eigenvalue weighted by Gasteiger charge is 2.20. The molecule has 122 valence electrons. The molecule has 1 aliphatic heterocycles. The summed E-state index contributed by atoms with van der Waals surface area (Å²) in [4.78, 5) is 13.8. The van der Waals surface area contributed by atoms with Crippen LogP contribution in [0.1, 0.15) is 18.4 Å². The maximum atomic E-state index is 12.2. The Balaban J connectivity index is 1.68. The number of benzene rings is 1. The van der Waals surface area contributed by atoms with Crippen molar-refractivity contribution in [3.63, 3.8) is 0 Å². The predicted octanol–water partition coefficient (Wildman–Crippen LogP) is 1.87. The summed E-state index contributed by atoms with van der Waals surface area (Å²) in [5, 5.41) is 12.2. The molecule has 0 unspecified atom stereocenters. The lowest BCUT2D eigenvalue weighted by Gasteiger charge is -2.26. The van der Waals surface area contributed by atoms with Gasteiger partial charge in [-0.2, -0.15) is 5.26 Å². The molecule has 0 spiro atoms. The molecule has 0 aliphatic carbocycles. The summed E-state index contributed by atoms with van der Waals surface area (Å²) >= 11 is 0. The molecule has 0 atom stereocenters. The highest BCUT2D eigenvalue weighted by Crippen LogP contribution is 2.05. The Bertz CT molecular complexity index is 557. The number of carbonyl (C=O) groups is 1. The predicted molar refractivity (Wildman–Crippen MR) is 88.5 cm³/mol. The van der Waals surface area contributed by atoms with Gasteiger partial charge in [0.05, 0.1) is 13.2 Å². The van der Waals surface area contributed by atoms with Crippen LogP contribution >= 0.6 is 0 Å². The first kappa shape index (κ1) is 17.0. The van der Waals surface area contributed by atoms with Crippen molar-refractivity contribution in [2.45, 2.75) is 19.3 Å². The molecule has 1 saturated heterocycles. The summed E-state index contributed by atoms with van der Waals surface area (Å²) in [6.45, 7) is 2.94. The molecule has 23 heavy (non-hydrogen) atoms. The van der Waals surface area contributed by atoms with Crippen LogP contribution in [-0.4, -0.2) is 43.7 Å². The Morgan fingerprint density at radius 1 is 1.26 bits per heavy atom. The van der Waals surface area contributed by atoms with Crippen molar-refractivity contribution in [1.82, 2.24) is 10.2 Å². The molecule has 0 bridgehead atoms. The maximum absolute atomic E-state index is 12.2. The lowest BCUT2D eigenvalue weighted by atomic mass is 10.1. The zero-order chi connectivity index (χ0) is 16.3. The van der Waals surface area contributed by atoms with E-state index in [1.165, 1.54) is 5.56 Å². The highest BCUT2D eigenvalue weighted by molar-refractivity contribution is 5.97. The summed E-state index contributed by atoms with van der Waals surface area (Å²) < 4.78 is 5.21. The number of nitrogens with zero attached hydrogens (tertiary/aromatic N) is 2. The van der Waals surface area contributed by atoms with Gasteiger partial charge < -0.3 is 15.0 Å². The molecule has 1 fully saturated rings. The third kappa shape index (κ3) is 5.76. The quantitative estimate of drug-likeness (QED) is 0.474. The monoisotopic (exact) mass is 313 g/mol. The van der Waals surface area contributed by atoms with Gasteiger partial charge >= 0.3 is 0 Å². The Labute approximate surface area is 137 Å². The Hall–Kier alpha value is -2.32. The Kier molecular flexibility index (Phi) is 7.15. The van der Waals surface area contributed by atoms with E-state index in [1.807, 2.05) is 24.3 Å². The molecule has 0 saturated carbocycles. The van der Waals surface area contributed by atoms with Crippen LogP contribution < -0.4 is 5.32 Å². The molecule has 1 N–H and O–H groups in total. The van der Waals surface area contributed by atoms with Crippen LogP contribution in [0.15, 0.2) is 42.1 Å². The Morgan fingerprint density at radius 2 is 2.00 bits per heavy atom. The van der Waals surface area contributed by atoms with E-state index in [0.717, 1.165) is 25.8 Å². The smallest absolute Gasteiger partial charge is 0.266 e. The van der Waals surface area contributed by atoms with E-state index in [0.29, 0.717) is 26.3 Å². The molecule has 0 aromatic heterocycles. The molecule has 1 aromatic carbocycles. The topological polar surface area (TPSA) is 65.4 Å². The number of nitrogens with one attached hydrogen (secondary N) is 1. The highest BCUT2D eigenvalue weighted by atomic mass is 16.5. The van der Waals surface area contributed by atoms with Crippen molar-refractivity contribution in [1.29, 1.82) is 5.26 Å². The second-order valence-electron chi connectivity index (χ2n) is 5.47. The van der Waals surface area contributed by atoms with E-state index in [4.69, 9.17) is 10.00 Å². The fraction of sp³-hybridized carbons (Fsp3) is 0.444. The maximum Gasteiger partial charge on any atom is 0.266 e. The normalized spacial score (nSPS) is 15.1. The molecule has 2 rings (SSSR count). The zero-order valence-electron chi connectivity index (χ0n) is 13.3. The van der Waals surface area contributed by atoms with Gasteiger partial charge in [0.15, 0.2) is 0 Å². The molecule has 1 heterocycles. The molecular formula is C18H23N3O2. The van der Waals surface area contributed by atoms with Crippen LogP contribution in [-0.2, 0) is 16.0 Å². The summed E-state index contributed by atoms with van der Waals surface area (Å²) in [6, 6.07) is 12.4. The molecule has 5 heteroatoms. The number of hydrogen-bond acceptors (Lipinski definition) is 4. The summed E-state index contributed by atoms with van der Waals surface area (Å²) in [5.74, 6) is -0.215. The molecule has 1 aliphatic rings. The van der Waals surface area contributed by atoms with E-state index < -0.39 is 0 Å². The second-order valence-corrected chi connectivity index (χ2v) is 5.47. The van der Waals surface area contributed by atoms with E-state index in [9.17, 15) is 4.79 Å². The fourth-order valence-electron chi connectivity index (χ4n) is 2.45. The van der Waals surface area contributed by atoms with Crippen LogP contribution in [0.4, 0.5) is 0 Å². The van der Waals surface area contributed by atoms with Gasteiger partial charge in [0.1, 0.15) is 11.6 Å². The molecule has 0 radical (unpaired) electrons. The van der Waals surface area contributed by atoms with Crippen LogP contribution in [0.5, 0.6) is 0 Å². The number of rotatable bonds is 7. The average Bonchev–Trinajstić information content (AvgIpc) is 2.62. The van der Waals surface area contributed by atoms with Gasteiger partial charge in [-0.3, -0.25) is 4.79 Å². The van der Waals surface area contributed by atoms with Crippen molar-refractivity contribution in [2.24, 2.45) is 0 Å². The minimum atomic E-state index is -0.215. The van der Waals surface area contributed by atoms with Gasteiger partial charge in [0.2, 0.25) is 0 Å². The largest absolute Gasteiger partial charge is 0.390 e. The number of hydrogen-bond donors (Lipinski definition) is 1. The van der Waals surface area contributed by atoms with Gasteiger partial charge in [-0.1, -0.05) is 30.3 Å². The third-order valence-corrected chi connectivity index (χ3v) is 3.77. The van der Waals surface area contributed by atoms with E-state index in [2.05, 4.69) is 17.4 Å². The Morgan fingerprint density at radius 3 is 2.70 bits per heavy atom. The fourth-order valence-corrected chi connectivity index (χ4v) is 2.45. The standard InChI is InChI=1S/C18H23N3O2/c19-14-17(18(22)21-10-12-23-13-11-21)15-20-9-5-4-8-16-6-2-1-3-7-16/h1-3,6-7,15,20H,4-5,8-13H2/b17-15-. The van der Waals surface area contributed by atoms with E-state index in [-0.39, 0.29) is 11.5 Å². The third-order valence-electron chi connectivity index (χ3n) is 3.77. The first-order valence-corrected chi connectivity index (χ1v) is 8.06. The van der Waals surface area contributed by atoms with Crippen LogP contribution in [0.3, 0.4) is 0 Å². The number of ether oxygens (including phenoxy) is 1. The van der Waals surface area contributed by atoms with Gasteiger partial charge in [0, 0.05) is 25.8 Å². The van der Waals surface area contributed by atoms with E-state index >= 15 is 0 Å². The van der Waals surface area contributed by atoms with Gasteiger partial charge in [-0.25, -0.2) is 0 Å². The van der Waals surface area contributed by atoms with Gasteiger partial charge in [-0.05, 0) is 24.8 Å². The number of morpholine rings is 1. The number of nitriles is 1. The number of unbranched alkanes of at least 4 members (excludes halogenated alkanes) is 1. The number of amides is 1. The lowest BCUT2D eigenvalue weighted by Crippen LogP contribution is -2.41. The molecule has 1 aromatic rings. The van der Waals surface area contributed by atoms with Gasteiger partial charge in [-0.15, -0.1) is 0 Å². The number of carbonyl (C=O) groups excluding carboxylic acids is 1. The molecule has 5 nitrogen and oxygen atoms in total. The van der Waals surface area contributed by atoms with Crippen LogP contribution in [0.2, 0.25) is 0 Å². The first-order valence-electron chi connectivity index (χ1n) is 8.06. The van der Waals surface area contributed by atoms with Crippen LogP contribution in [0, 0.1) is 11.3 Å².